The van der Waals surface area contributed by atoms with Gasteiger partial charge in [-0.1, -0.05) is 59.6 Å². The lowest BCUT2D eigenvalue weighted by Crippen LogP contribution is -2.17. The van der Waals surface area contributed by atoms with Gasteiger partial charge in [-0.25, -0.2) is 5.43 Å². The maximum Gasteiger partial charge on any atom is 0.272 e. The molecule has 0 fully saturated rings. The Morgan fingerprint density at radius 1 is 1.14 bits per heavy atom. The molecule has 0 radical (unpaired) electrons. The fraction of sp³-hybridized carbons (Fsp3) is 0.0588. The summed E-state index contributed by atoms with van der Waals surface area (Å²) in [6.07, 6.45) is 3.54. The zero-order valence-electron chi connectivity index (χ0n) is 11.9. The quantitative estimate of drug-likeness (QED) is 0.633. The number of hydrogen-bond donors (Lipinski definition) is 1. The van der Waals surface area contributed by atoms with Gasteiger partial charge in [0.15, 0.2) is 0 Å². The van der Waals surface area contributed by atoms with Gasteiger partial charge in [0, 0.05) is 5.02 Å². The molecule has 2 aromatic rings. The second-order valence-electron chi connectivity index (χ2n) is 4.62. The molecular formula is C17H14Cl2N2O. The van der Waals surface area contributed by atoms with Gasteiger partial charge >= 0.3 is 0 Å². The minimum atomic E-state index is -0.384. The fourth-order valence-corrected chi connectivity index (χ4v) is 2.27. The number of carbonyl (C=O) groups excluding carboxylic acids is 1. The van der Waals surface area contributed by atoms with Crippen LogP contribution in [-0.2, 0) is 0 Å². The van der Waals surface area contributed by atoms with Crippen molar-refractivity contribution in [2.45, 2.75) is 6.92 Å². The number of nitrogens with zero attached hydrogens (tertiary/aromatic N) is 1. The second kappa shape index (κ2) is 7.78. The van der Waals surface area contributed by atoms with E-state index in [2.05, 4.69) is 10.5 Å². The van der Waals surface area contributed by atoms with Gasteiger partial charge in [0.25, 0.3) is 5.91 Å². The van der Waals surface area contributed by atoms with Gasteiger partial charge < -0.3 is 0 Å². The molecule has 5 heteroatoms. The molecule has 0 saturated heterocycles. The molecule has 0 heterocycles. The summed E-state index contributed by atoms with van der Waals surface area (Å²) in [4.78, 5) is 11.9. The Balaban J connectivity index is 2.00. The molecule has 22 heavy (non-hydrogen) atoms. The molecule has 1 N–H and O–H groups in total. The summed E-state index contributed by atoms with van der Waals surface area (Å²) >= 11 is 11.8. The van der Waals surface area contributed by atoms with E-state index in [1.54, 1.807) is 18.3 Å². The summed E-state index contributed by atoms with van der Waals surface area (Å²) in [5, 5.41) is 4.69. The first kappa shape index (κ1) is 16.3. The van der Waals surface area contributed by atoms with Gasteiger partial charge in [-0.2, -0.15) is 5.10 Å². The Bertz CT molecular complexity index is 725. The van der Waals surface area contributed by atoms with Crippen molar-refractivity contribution in [2.24, 2.45) is 5.10 Å². The van der Waals surface area contributed by atoms with Crippen molar-refractivity contribution < 1.29 is 4.79 Å². The van der Waals surface area contributed by atoms with E-state index in [0.29, 0.717) is 10.6 Å². The molecule has 2 aromatic carbocycles. The summed E-state index contributed by atoms with van der Waals surface area (Å²) in [7, 11) is 0. The first-order valence-corrected chi connectivity index (χ1v) is 7.33. The molecule has 0 spiro atoms. The number of rotatable bonds is 4. The Morgan fingerprint density at radius 3 is 2.55 bits per heavy atom. The Morgan fingerprint density at radius 2 is 1.86 bits per heavy atom. The number of amides is 1. The van der Waals surface area contributed by atoms with Crippen molar-refractivity contribution in [1.29, 1.82) is 0 Å². The SMILES string of the molecule is CC(/C=N\NC(=O)c1ccc(Cl)cc1Cl)=C\c1ccccc1. The van der Waals surface area contributed by atoms with Gasteiger partial charge in [0.2, 0.25) is 0 Å². The third-order valence-electron chi connectivity index (χ3n) is 2.80. The Labute approximate surface area is 139 Å². The number of halogens is 2. The average Bonchev–Trinajstić information content (AvgIpc) is 2.48. The minimum absolute atomic E-state index is 0.289. The van der Waals surface area contributed by atoms with Gasteiger partial charge in [0.1, 0.15) is 0 Å². The summed E-state index contributed by atoms with van der Waals surface area (Å²) in [5.74, 6) is -0.384. The highest BCUT2D eigenvalue weighted by Gasteiger charge is 2.09. The molecule has 0 aliphatic carbocycles. The third-order valence-corrected chi connectivity index (χ3v) is 3.35. The zero-order chi connectivity index (χ0) is 15.9. The standard InChI is InChI=1S/C17H14Cl2N2O/c1-12(9-13-5-3-2-4-6-13)11-20-21-17(22)15-8-7-14(18)10-16(15)19/h2-11H,1H3,(H,21,22)/b12-9+,20-11-. The van der Waals surface area contributed by atoms with Crippen LogP contribution in [-0.4, -0.2) is 12.1 Å². The highest BCUT2D eigenvalue weighted by Crippen LogP contribution is 2.20. The predicted octanol–water partition coefficient (Wildman–Crippen LogP) is 4.81. The molecule has 1 amide bonds. The van der Waals surface area contributed by atoms with Crippen LogP contribution in [0.4, 0.5) is 0 Å². The van der Waals surface area contributed by atoms with Crippen LogP contribution in [0, 0.1) is 0 Å². The first-order chi connectivity index (χ1) is 10.6. The lowest BCUT2D eigenvalue weighted by molar-refractivity contribution is 0.0955. The largest absolute Gasteiger partial charge is 0.272 e. The second-order valence-corrected chi connectivity index (χ2v) is 5.47. The molecule has 2 rings (SSSR count). The van der Waals surface area contributed by atoms with E-state index in [0.717, 1.165) is 11.1 Å². The van der Waals surface area contributed by atoms with Crippen molar-refractivity contribution >= 4 is 41.4 Å². The van der Waals surface area contributed by atoms with Crippen LogP contribution in [0.15, 0.2) is 59.2 Å². The number of benzene rings is 2. The normalized spacial score (nSPS) is 11.7. The van der Waals surface area contributed by atoms with Crippen molar-refractivity contribution in [2.75, 3.05) is 0 Å². The lowest BCUT2D eigenvalue weighted by atomic mass is 10.1. The molecule has 0 aliphatic heterocycles. The highest BCUT2D eigenvalue weighted by molar-refractivity contribution is 6.36. The molecule has 0 atom stereocenters. The van der Waals surface area contributed by atoms with Crippen molar-refractivity contribution in [1.82, 2.24) is 5.43 Å². The van der Waals surface area contributed by atoms with E-state index in [1.807, 2.05) is 43.3 Å². The average molecular weight is 333 g/mol. The highest BCUT2D eigenvalue weighted by atomic mass is 35.5. The minimum Gasteiger partial charge on any atom is -0.267 e. The van der Waals surface area contributed by atoms with Gasteiger partial charge in [-0.15, -0.1) is 0 Å². The lowest BCUT2D eigenvalue weighted by Gasteiger charge is -2.02. The van der Waals surface area contributed by atoms with Crippen LogP contribution in [0.3, 0.4) is 0 Å². The molecular weight excluding hydrogens is 319 g/mol. The molecule has 0 bridgehead atoms. The summed E-state index contributed by atoms with van der Waals surface area (Å²) in [6, 6.07) is 14.5. The first-order valence-electron chi connectivity index (χ1n) is 6.58. The van der Waals surface area contributed by atoms with E-state index in [1.165, 1.54) is 6.07 Å². The van der Waals surface area contributed by atoms with Crippen molar-refractivity contribution in [3.05, 3.63) is 75.3 Å². The zero-order valence-corrected chi connectivity index (χ0v) is 13.4. The van der Waals surface area contributed by atoms with Crippen LogP contribution < -0.4 is 5.43 Å². The number of hydrazone groups is 1. The Hall–Kier alpha value is -2.10. The van der Waals surface area contributed by atoms with Crippen molar-refractivity contribution in [3.8, 4) is 0 Å². The number of nitrogens with one attached hydrogen (secondary N) is 1. The van der Waals surface area contributed by atoms with Crippen LogP contribution in [0.1, 0.15) is 22.8 Å². The van der Waals surface area contributed by atoms with E-state index in [9.17, 15) is 4.79 Å². The number of carbonyl (C=O) groups is 1. The smallest absolute Gasteiger partial charge is 0.267 e. The summed E-state index contributed by atoms with van der Waals surface area (Å²) in [5.41, 5.74) is 4.74. The van der Waals surface area contributed by atoms with Gasteiger partial charge in [-0.3, -0.25) is 4.79 Å². The van der Waals surface area contributed by atoms with Gasteiger partial charge in [-0.05, 0) is 36.3 Å². The predicted molar refractivity (Wildman–Crippen MR) is 92.5 cm³/mol. The van der Waals surface area contributed by atoms with Crippen LogP contribution >= 0.6 is 23.2 Å². The van der Waals surface area contributed by atoms with E-state index < -0.39 is 0 Å². The third kappa shape index (κ3) is 4.72. The summed E-state index contributed by atoms with van der Waals surface area (Å²) in [6.45, 7) is 1.90. The van der Waals surface area contributed by atoms with E-state index in [-0.39, 0.29) is 10.9 Å². The maximum absolute atomic E-state index is 11.9. The molecule has 0 unspecified atom stereocenters. The van der Waals surface area contributed by atoms with Crippen LogP contribution in [0.25, 0.3) is 6.08 Å². The monoisotopic (exact) mass is 332 g/mol. The van der Waals surface area contributed by atoms with Crippen LogP contribution in [0.5, 0.6) is 0 Å². The maximum atomic E-state index is 11.9. The van der Waals surface area contributed by atoms with E-state index >= 15 is 0 Å². The molecule has 0 aliphatic rings. The molecule has 112 valence electrons. The number of hydrogen-bond acceptors (Lipinski definition) is 2. The molecule has 3 nitrogen and oxygen atoms in total. The van der Waals surface area contributed by atoms with Crippen LogP contribution in [0.2, 0.25) is 10.0 Å². The van der Waals surface area contributed by atoms with Gasteiger partial charge in [0.05, 0.1) is 16.8 Å². The topological polar surface area (TPSA) is 41.5 Å². The van der Waals surface area contributed by atoms with Crippen molar-refractivity contribution in [3.63, 3.8) is 0 Å². The molecule has 0 aromatic heterocycles. The summed E-state index contributed by atoms with van der Waals surface area (Å²) < 4.78 is 0. The molecule has 0 saturated carbocycles. The van der Waals surface area contributed by atoms with E-state index in [4.69, 9.17) is 23.2 Å². The fourth-order valence-electron chi connectivity index (χ4n) is 1.78. The number of allylic oxidation sites excluding steroid dienone is 1. The Kier molecular flexibility index (Phi) is 5.75.